The summed E-state index contributed by atoms with van der Waals surface area (Å²) in [7, 11) is -1.37. The lowest BCUT2D eigenvalue weighted by Crippen LogP contribution is -2.28. The molecule has 0 aliphatic rings. The molecule has 0 aliphatic heterocycles. The Hall–Kier alpha value is -0.385. The number of aromatic nitrogens is 1. The Morgan fingerprint density at radius 2 is 2.00 bits per heavy atom. The van der Waals surface area contributed by atoms with Crippen molar-refractivity contribution >= 4 is 23.2 Å². The van der Waals surface area contributed by atoms with E-state index in [-0.39, 0.29) is 0 Å². The molecular formula is C5H8BNO2S. The zero-order valence-corrected chi connectivity index (χ0v) is 6.64. The van der Waals surface area contributed by atoms with Gasteiger partial charge in [-0.25, -0.2) is 4.98 Å². The third-order valence-electron chi connectivity index (χ3n) is 1.17. The molecule has 1 aromatic heterocycles. The summed E-state index contributed by atoms with van der Waals surface area (Å²) in [5, 5.41) is 18.3. The number of nitrogens with zero attached hydrogens (tertiary/aromatic N) is 1. The van der Waals surface area contributed by atoms with Crippen LogP contribution in [0.1, 0.15) is 10.7 Å². The van der Waals surface area contributed by atoms with E-state index < -0.39 is 7.12 Å². The van der Waals surface area contributed by atoms with E-state index >= 15 is 0 Å². The van der Waals surface area contributed by atoms with Crippen LogP contribution in [-0.2, 0) is 0 Å². The Balaban J connectivity index is 3.03. The summed E-state index contributed by atoms with van der Waals surface area (Å²) in [6.45, 7) is 3.60. The minimum absolute atomic E-state index is 0.539. The second-order valence-electron chi connectivity index (χ2n) is 2.06. The van der Waals surface area contributed by atoms with Crippen molar-refractivity contribution in [2.45, 2.75) is 13.8 Å². The number of thiazole rings is 1. The monoisotopic (exact) mass is 157 g/mol. The van der Waals surface area contributed by atoms with Crippen LogP contribution in [-0.4, -0.2) is 22.2 Å². The van der Waals surface area contributed by atoms with Crippen molar-refractivity contribution in [3.8, 4) is 0 Å². The van der Waals surface area contributed by atoms with Gasteiger partial charge in [0.05, 0.1) is 9.78 Å². The van der Waals surface area contributed by atoms with E-state index in [1.54, 1.807) is 6.92 Å². The molecule has 0 fully saturated rings. The zero-order valence-electron chi connectivity index (χ0n) is 5.83. The minimum Gasteiger partial charge on any atom is -0.423 e. The number of aryl methyl sites for hydroxylation is 2. The summed E-state index contributed by atoms with van der Waals surface area (Å²) >= 11 is 1.31. The number of hydrogen-bond acceptors (Lipinski definition) is 4. The van der Waals surface area contributed by atoms with Crippen LogP contribution in [0.3, 0.4) is 0 Å². The van der Waals surface area contributed by atoms with Gasteiger partial charge in [0.15, 0.2) is 0 Å². The first-order chi connectivity index (χ1) is 4.61. The molecule has 5 heteroatoms. The largest absolute Gasteiger partial charge is 0.501 e. The molecule has 1 aromatic rings. The van der Waals surface area contributed by atoms with Gasteiger partial charge >= 0.3 is 7.12 Å². The second kappa shape index (κ2) is 2.69. The van der Waals surface area contributed by atoms with Crippen molar-refractivity contribution in [3.63, 3.8) is 0 Å². The molecule has 0 atom stereocenters. The molecule has 1 heterocycles. The van der Waals surface area contributed by atoms with Crippen LogP contribution >= 0.6 is 11.3 Å². The predicted molar refractivity (Wildman–Crippen MR) is 41.4 cm³/mol. The molecule has 0 saturated heterocycles. The Morgan fingerprint density at radius 1 is 1.40 bits per heavy atom. The van der Waals surface area contributed by atoms with Crippen LogP contribution in [0, 0.1) is 13.8 Å². The van der Waals surface area contributed by atoms with Crippen molar-refractivity contribution in [2.75, 3.05) is 0 Å². The molecule has 0 spiro atoms. The quantitative estimate of drug-likeness (QED) is 0.537. The highest BCUT2D eigenvalue weighted by Crippen LogP contribution is 2.04. The van der Waals surface area contributed by atoms with Crippen LogP contribution in [0.25, 0.3) is 0 Å². The maximum Gasteiger partial charge on any atom is 0.501 e. The van der Waals surface area contributed by atoms with Gasteiger partial charge in [-0.3, -0.25) is 0 Å². The van der Waals surface area contributed by atoms with Gasteiger partial charge in [-0.1, -0.05) is 0 Å². The topological polar surface area (TPSA) is 53.4 Å². The van der Waals surface area contributed by atoms with Crippen molar-refractivity contribution in [1.82, 2.24) is 4.98 Å². The molecule has 0 radical (unpaired) electrons. The predicted octanol–water partition coefficient (Wildman–Crippen LogP) is -0.560. The van der Waals surface area contributed by atoms with E-state index in [2.05, 4.69) is 4.98 Å². The third kappa shape index (κ3) is 1.37. The Labute approximate surface area is 63.5 Å². The van der Waals surface area contributed by atoms with Crippen molar-refractivity contribution in [2.24, 2.45) is 0 Å². The molecule has 0 unspecified atom stereocenters. The summed E-state index contributed by atoms with van der Waals surface area (Å²) in [4.78, 5) is 4.03. The molecule has 54 valence electrons. The summed E-state index contributed by atoms with van der Waals surface area (Å²) in [6, 6.07) is 0. The minimum atomic E-state index is -1.37. The molecule has 0 saturated carbocycles. The third-order valence-corrected chi connectivity index (χ3v) is 2.29. The Kier molecular flexibility index (Phi) is 2.08. The average molecular weight is 157 g/mol. The van der Waals surface area contributed by atoms with Gasteiger partial charge < -0.3 is 10.0 Å². The lowest BCUT2D eigenvalue weighted by molar-refractivity contribution is 0.426. The van der Waals surface area contributed by atoms with E-state index in [1.807, 2.05) is 6.92 Å². The van der Waals surface area contributed by atoms with E-state index in [1.165, 1.54) is 11.3 Å². The van der Waals surface area contributed by atoms with Crippen LogP contribution in [0.15, 0.2) is 0 Å². The maximum absolute atomic E-state index is 8.74. The number of rotatable bonds is 1. The molecular weight excluding hydrogens is 149 g/mol. The molecule has 2 N–H and O–H groups in total. The van der Waals surface area contributed by atoms with Gasteiger partial charge in [0, 0.05) is 5.69 Å². The van der Waals surface area contributed by atoms with Crippen LogP contribution in [0.2, 0.25) is 0 Å². The van der Waals surface area contributed by atoms with E-state index in [4.69, 9.17) is 10.0 Å². The summed E-state index contributed by atoms with van der Waals surface area (Å²) in [5.41, 5.74) is 0.706. The van der Waals surface area contributed by atoms with E-state index in [0.717, 1.165) is 5.01 Å². The first-order valence-corrected chi connectivity index (χ1v) is 3.73. The highest BCUT2D eigenvalue weighted by atomic mass is 32.1. The maximum atomic E-state index is 8.74. The van der Waals surface area contributed by atoms with Gasteiger partial charge in [-0.2, -0.15) is 0 Å². The molecule has 1 rings (SSSR count). The van der Waals surface area contributed by atoms with Gasteiger partial charge in [0.25, 0.3) is 0 Å². The van der Waals surface area contributed by atoms with Crippen molar-refractivity contribution in [1.29, 1.82) is 0 Å². The standard InChI is InChI=1S/C5H8BNO2S/c1-3-5(6(8)9)10-4(2)7-3/h8-9H,1-2H3. The van der Waals surface area contributed by atoms with Crippen LogP contribution in [0.4, 0.5) is 0 Å². The summed E-state index contributed by atoms with van der Waals surface area (Å²) < 4.78 is 0.539. The lowest BCUT2D eigenvalue weighted by Gasteiger charge is -1.91. The fourth-order valence-corrected chi connectivity index (χ4v) is 1.59. The SMILES string of the molecule is Cc1nc(C)c(B(O)O)s1. The van der Waals surface area contributed by atoms with Crippen molar-refractivity contribution in [3.05, 3.63) is 10.7 Å². The fourth-order valence-electron chi connectivity index (χ4n) is 0.787. The molecule has 0 bridgehead atoms. The smallest absolute Gasteiger partial charge is 0.423 e. The molecule has 3 nitrogen and oxygen atoms in total. The molecule has 10 heavy (non-hydrogen) atoms. The van der Waals surface area contributed by atoms with E-state index in [0.29, 0.717) is 10.5 Å². The first kappa shape index (κ1) is 7.72. The fraction of sp³-hybridized carbons (Fsp3) is 0.400. The van der Waals surface area contributed by atoms with E-state index in [9.17, 15) is 0 Å². The Morgan fingerprint density at radius 3 is 2.20 bits per heavy atom. The highest BCUT2D eigenvalue weighted by Gasteiger charge is 2.17. The zero-order chi connectivity index (χ0) is 7.72. The van der Waals surface area contributed by atoms with Crippen molar-refractivity contribution < 1.29 is 10.0 Å². The summed E-state index contributed by atoms with van der Waals surface area (Å²) in [5.74, 6) is 0. The molecule has 0 amide bonds. The lowest BCUT2D eigenvalue weighted by atomic mass is 9.88. The summed E-state index contributed by atoms with van der Waals surface area (Å²) in [6.07, 6.45) is 0. The van der Waals surface area contributed by atoms with Gasteiger partial charge in [0.1, 0.15) is 0 Å². The first-order valence-electron chi connectivity index (χ1n) is 2.91. The van der Waals surface area contributed by atoms with Crippen LogP contribution < -0.4 is 4.78 Å². The van der Waals surface area contributed by atoms with Gasteiger partial charge in [0.2, 0.25) is 0 Å². The highest BCUT2D eigenvalue weighted by molar-refractivity contribution is 7.21. The number of hydrogen-bond donors (Lipinski definition) is 2. The average Bonchev–Trinajstić information content (AvgIpc) is 2.10. The van der Waals surface area contributed by atoms with Gasteiger partial charge in [-0.05, 0) is 13.8 Å². The molecule has 0 aromatic carbocycles. The van der Waals surface area contributed by atoms with Gasteiger partial charge in [-0.15, -0.1) is 11.3 Å². The van der Waals surface area contributed by atoms with Crippen LogP contribution in [0.5, 0.6) is 0 Å². The molecule has 0 aliphatic carbocycles. The second-order valence-corrected chi connectivity index (χ2v) is 3.29. The Bertz CT molecular complexity index is 236. The normalized spacial score (nSPS) is 10.0.